The topological polar surface area (TPSA) is 20.2 Å². The van der Waals surface area contributed by atoms with E-state index in [-0.39, 0.29) is 5.56 Å². The summed E-state index contributed by atoms with van der Waals surface area (Å²) in [6, 6.07) is 9.76. The summed E-state index contributed by atoms with van der Waals surface area (Å²) in [5.74, 6) is -0.511. The Kier molecular flexibility index (Phi) is 4.05. The Morgan fingerprint density at radius 2 is 1.94 bits per heavy atom. The molecule has 4 heteroatoms. The molecule has 1 unspecified atom stereocenters. The maximum absolute atomic E-state index is 13.8. The van der Waals surface area contributed by atoms with Crippen molar-refractivity contribution in [3.05, 3.63) is 68.4 Å². The second-order valence-electron chi connectivity index (χ2n) is 4.05. The van der Waals surface area contributed by atoms with Crippen LogP contribution in [0.5, 0.6) is 0 Å². The van der Waals surface area contributed by atoms with Crippen molar-refractivity contribution in [1.29, 1.82) is 0 Å². The average molecular weight is 330 g/mol. The zero-order valence-electron chi connectivity index (χ0n) is 9.62. The van der Waals surface area contributed by atoms with E-state index in [0.717, 1.165) is 10.0 Å². The van der Waals surface area contributed by atoms with Gasteiger partial charge < -0.3 is 5.11 Å². The van der Waals surface area contributed by atoms with Crippen molar-refractivity contribution in [3.63, 3.8) is 0 Å². The van der Waals surface area contributed by atoms with Gasteiger partial charge in [0.15, 0.2) is 0 Å². The number of hydrogen-bond acceptors (Lipinski definition) is 1. The molecule has 0 aliphatic rings. The summed E-state index contributed by atoms with van der Waals surface area (Å²) in [6.07, 6.45) is -1.02. The van der Waals surface area contributed by atoms with Crippen LogP contribution in [0.15, 0.2) is 40.9 Å². The summed E-state index contributed by atoms with van der Waals surface area (Å²) in [6.45, 7) is 1.92. The highest BCUT2D eigenvalue weighted by atomic mass is 79.9. The van der Waals surface area contributed by atoms with Gasteiger partial charge in [0, 0.05) is 15.1 Å². The van der Waals surface area contributed by atoms with Gasteiger partial charge in [-0.2, -0.15) is 0 Å². The number of aryl methyl sites for hydroxylation is 1. The van der Waals surface area contributed by atoms with Crippen LogP contribution in [0, 0.1) is 12.7 Å². The Labute approximate surface area is 118 Å². The Hall–Kier alpha value is -0.900. The van der Waals surface area contributed by atoms with Crippen LogP contribution in [-0.4, -0.2) is 5.11 Å². The molecule has 0 heterocycles. The first kappa shape index (κ1) is 13.5. The van der Waals surface area contributed by atoms with E-state index in [4.69, 9.17) is 11.6 Å². The summed E-state index contributed by atoms with van der Waals surface area (Å²) < 4.78 is 14.5. The van der Waals surface area contributed by atoms with Crippen LogP contribution >= 0.6 is 27.5 Å². The Bertz CT molecular complexity index is 586. The van der Waals surface area contributed by atoms with E-state index in [2.05, 4.69) is 15.9 Å². The fourth-order valence-electron chi connectivity index (χ4n) is 1.77. The smallest absolute Gasteiger partial charge is 0.130 e. The first-order valence-corrected chi connectivity index (χ1v) is 6.56. The van der Waals surface area contributed by atoms with Crippen molar-refractivity contribution in [2.24, 2.45) is 0 Å². The molecule has 94 valence electrons. The highest BCUT2D eigenvalue weighted by molar-refractivity contribution is 9.10. The van der Waals surface area contributed by atoms with Crippen molar-refractivity contribution in [1.82, 2.24) is 0 Å². The summed E-state index contributed by atoms with van der Waals surface area (Å²) in [4.78, 5) is 0. The van der Waals surface area contributed by atoms with Crippen molar-refractivity contribution >= 4 is 27.5 Å². The lowest BCUT2D eigenvalue weighted by Gasteiger charge is -2.15. The quantitative estimate of drug-likeness (QED) is 0.851. The van der Waals surface area contributed by atoms with E-state index in [1.54, 1.807) is 12.1 Å². The summed E-state index contributed by atoms with van der Waals surface area (Å²) in [5.41, 5.74) is 1.84. The average Bonchev–Trinajstić information content (AvgIpc) is 2.32. The molecule has 0 aliphatic carbocycles. The molecule has 0 radical (unpaired) electrons. The number of halogens is 3. The van der Waals surface area contributed by atoms with Gasteiger partial charge >= 0.3 is 0 Å². The maximum Gasteiger partial charge on any atom is 0.130 e. The maximum atomic E-state index is 13.8. The van der Waals surface area contributed by atoms with Gasteiger partial charge in [0.25, 0.3) is 0 Å². The van der Waals surface area contributed by atoms with Gasteiger partial charge in [-0.25, -0.2) is 4.39 Å². The summed E-state index contributed by atoms with van der Waals surface area (Å²) >= 11 is 9.10. The minimum absolute atomic E-state index is 0.214. The van der Waals surface area contributed by atoms with Crippen molar-refractivity contribution in [2.75, 3.05) is 0 Å². The minimum atomic E-state index is -1.02. The predicted molar refractivity (Wildman–Crippen MR) is 74.4 cm³/mol. The number of benzene rings is 2. The lowest BCUT2D eigenvalue weighted by Crippen LogP contribution is -2.04. The first-order valence-electron chi connectivity index (χ1n) is 5.38. The second-order valence-corrected chi connectivity index (χ2v) is 5.28. The van der Waals surface area contributed by atoms with Crippen LogP contribution in [0.1, 0.15) is 22.8 Å². The van der Waals surface area contributed by atoms with E-state index in [9.17, 15) is 9.50 Å². The normalized spacial score (nSPS) is 12.5. The van der Waals surface area contributed by atoms with E-state index in [0.29, 0.717) is 10.6 Å². The zero-order valence-corrected chi connectivity index (χ0v) is 12.0. The van der Waals surface area contributed by atoms with Crippen LogP contribution in [0.2, 0.25) is 5.02 Å². The van der Waals surface area contributed by atoms with Crippen LogP contribution in [0.4, 0.5) is 4.39 Å². The lowest BCUT2D eigenvalue weighted by molar-refractivity contribution is 0.214. The standard InChI is InChI=1S/C14H11BrClFO/c1-8-3-2-4-11(13(8)15)14(18)10-6-5-9(16)7-12(10)17/h2-7,14,18H,1H3. The molecule has 2 aromatic rings. The van der Waals surface area contributed by atoms with Gasteiger partial charge in [0.2, 0.25) is 0 Å². The van der Waals surface area contributed by atoms with Gasteiger partial charge in [-0.3, -0.25) is 0 Å². The molecule has 0 bridgehead atoms. The van der Waals surface area contributed by atoms with Crippen LogP contribution < -0.4 is 0 Å². The fraction of sp³-hybridized carbons (Fsp3) is 0.143. The molecule has 0 spiro atoms. The Morgan fingerprint density at radius 3 is 2.61 bits per heavy atom. The molecule has 0 aromatic heterocycles. The molecule has 0 amide bonds. The Balaban J connectivity index is 2.48. The number of rotatable bonds is 2. The number of hydrogen-bond donors (Lipinski definition) is 1. The van der Waals surface area contributed by atoms with Crippen LogP contribution in [0.3, 0.4) is 0 Å². The molecule has 0 fully saturated rings. The van der Waals surface area contributed by atoms with E-state index < -0.39 is 11.9 Å². The van der Waals surface area contributed by atoms with Gasteiger partial charge in [0.1, 0.15) is 11.9 Å². The lowest BCUT2D eigenvalue weighted by atomic mass is 9.99. The third kappa shape index (κ3) is 2.58. The highest BCUT2D eigenvalue weighted by Gasteiger charge is 2.18. The molecule has 2 aromatic carbocycles. The van der Waals surface area contributed by atoms with Gasteiger partial charge in [-0.1, -0.05) is 51.8 Å². The van der Waals surface area contributed by atoms with Crippen molar-refractivity contribution < 1.29 is 9.50 Å². The fourth-order valence-corrected chi connectivity index (χ4v) is 2.41. The Morgan fingerprint density at radius 1 is 1.22 bits per heavy atom. The minimum Gasteiger partial charge on any atom is -0.384 e. The monoisotopic (exact) mass is 328 g/mol. The van der Waals surface area contributed by atoms with Crippen LogP contribution in [-0.2, 0) is 0 Å². The molecule has 0 aliphatic heterocycles. The third-order valence-corrected chi connectivity index (χ3v) is 4.09. The van der Waals surface area contributed by atoms with E-state index in [1.807, 2.05) is 19.1 Å². The third-order valence-electron chi connectivity index (χ3n) is 2.77. The van der Waals surface area contributed by atoms with Crippen LogP contribution in [0.25, 0.3) is 0 Å². The molecule has 1 nitrogen and oxygen atoms in total. The molecule has 18 heavy (non-hydrogen) atoms. The largest absolute Gasteiger partial charge is 0.384 e. The summed E-state index contributed by atoms with van der Waals surface area (Å²) in [7, 11) is 0. The zero-order chi connectivity index (χ0) is 13.3. The van der Waals surface area contributed by atoms with Gasteiger partial charge in [-0.15, -0.1) is 0 Å². The predicted octanol–water partition coefficient (Wildman–Crippen LogP) is 4.63. The molecule has 2 rings (SSSR count). The van der Waals surface area contributed by atoms with Crippen molar-refractivity contribution in [3.8, 4) is 0 Å². The summed E-state index contributed by atoms with van der Waals surface area (Å²) in [5, 5.41) is 10.6. The SMILES string of the molecule is Cc1cccc(C(O)c2ccc(Cl)cc2F)c1Br. The molecular weight excluding hydrogens is 319 g/mol. The first-order chi connectivity index (χ1) is 8.50. The van der Waals surface area contributed by atoms with Crippen molar-refractivity contribution in [2.45, 2.75) is 13.0 Å². The van der Waals surface area contributed by atoms with E-state index >= 15 is 0 Å². The number of aliphatic hydroxyl groups is 1. The second kappa shape index (κ2) is 5.39. The molecule has 0 saturated heterocycles. The van der Waals surface area contributed by atoms with Gasteiger partial charge in [-0.05, 0) is 30.2 Å². The van der Waals surface area contributed by atoms with Gasteiger partial charge in [0.05, 0.1) is 0 Å². The molecular formula is C14H11BrClFO. The molecule has 1 atom stereocenters. The molecule has 0 saturated carbocycles. The molecule has 1 N–H and O–H groups in total. The number of aliphatic hydroxyl groups excluding tert-OH is 1. The van der Waals surface area contributed by atoms with E-state index in [1.165, 1.54) is 12.1 Å². The highest BCUT2D eigenvalue weighted by Crippen LogP contribution is 2.32.